The third-order valence-corrected chi connectivity index (χ3v) is 5.58. The van der Waals surface area contributed by atoms with Crippen molar-refractivity contribution in [2.24, 2.45) is 0 Å². The number of nitriles is 1. The molecule has 0 aliphatic carbocycles. The summed E-state index contributed by atoms with van der Waals surface area (Å²) in [6.45, 7) is 1.40. The van der Waals surface area contributed by atoms with E-state index in [4.69, 9.17) is 4.74 Å². The Labute approximate surface area is 193 Å². The van der Waals surface area contributed by atoms with Crippen LogP contribution in [0.15, 0.2) is 84.9 Å². The molecular formula is C25H19N3O4S. The van der Waals surface area contributed by atoms with Crippen molar-refractivity contribution in [3.05, 3.63) is 90.5 Å². The molecule has 2 N–H and O–H groups in total. The van der Waals surface area contributed by atoms with E-state index < -0.39 is 11.3 Å². The van der Waals surface area contributed by atoms with Crippen LogP contribution in [0.25, 0.3) is 10.8 Å². The van der Waals surface area contributed by atoms with Crippen molar-refractivity contribution >= 4 is 45.0 Å². The van der Waals surface area contributed by atoms with E-state index >= 15 is 0 Å². The van der Waals surface area contributed by atoms with E-state index in [9.17, 15) is 18.8 Å². The van der Waals surface area contributed by atoms with Gasteiger partial charge in [-0.15, -0.1) is 0 Å². The smallest absolute Gasteiger partial charge is 0.266 e. The van der Waals surface area contributed by atoms with Crippen LogP contribution in [0.2, 0.25) is 0 Å². The maximum Gasteiger partial charge on any atom is 0.266 e. The lowest BCUT2D eigenvalue weighted by molar-refractivity contribution is -0.114. The fraction of sp³-hybridized carbons (Fsp3) is 0.0400. The Balaban J connectivity index is 1.64. The van der Waals surface area contributed by atoms with E-state index in [1.807, 2.05) is 42.5 Å². The second-order valence-electron chi connectivity index (χ2n) is 7.16. The molecule has 4 aromatic carbocycles. The third kappa shape index (κ3) is 5.01. The fourth-order valence-electron chi connectivity index (χ4n) is 3.39. The normalized spacial score (nSPS) is 11.4. The number of amides is 1. The van der Waals surface area contributed by atoms with Gasteiger partial charge in [0, 0.05) is 12.6 Å². The molecule has 0 heterocycles. The van der Waals surface area contributed by atoms with Crippen LogP contribution >= 0.6 is 0 Å². The van der Waals surface area contributed by atoms with Crippen LogP contribution in [0.1, 0.15) is 12.5 Å². The summed E-state index contributed by atoms with van der Waals surface area (Å²) in [6.07, 6.45) is 0. The summed E-state index contributed by atoms with van der Waals surface area (Å²) in [7, 11) is 0. The molecule has 0 saturated heterocycles. The summed E-state index contributed by atoms with van der Waals surface area (Å²) in [5, 5.41) is 14.4. The highest BCUT2D eigenvalue weighted by molar-refractivity contribution is 7.81. The average Bonchev–Trinajstić information content (AvgIpc) is 2.80. The predicted octanol–water partition coefficient (Wildman–Crippen LogP) is 5.74. The van der Waals surface area contributed by atoms with Crippen LogP contribution in [0.3, 0.4) is 0 Å². The Morgan fingerprint density at radius 2 is 1.67 bits per heavy atom. The highest BCUT2D eigenvalue weighted by Crippen LogP contribution is 2.34. The topological polar surface area (TPSA) is 103 Å². The quantitative estimate of drug-likeness (QED) is 0.360. The Morgan fingerprint density at radius 3 is 2.33 bits per heavy atom. The van der Waals surface area contributed by atoms with Crippen molar-refractivity contribution in [1.82, 2.24) is 0 Å². The number of ether oxygens (including phenoxy) is 1. The Morgan fingerprint density at radius 1 is 0.970 bits per heavy atom. The van der Waals surface area contributed by atoms with Crippen LogP contribution in [0.5, 0.6) is 11.5 Å². The molecule has 1 atom stereocenters. The first-order chi connectivity index (χ1) is 15.9. The summed E-state index contributed by atoms with van der Waals surface area (Å²) in [6, 6.07) is 26.7. The lowest BCUT2D eigenvalue weighted by atomic mass is 10.1. The Kier molecular flexibility index (Phi) is 6.36. The van der Waals surface area contributed by atoms with E-state index in [1.54, 1.807) is 36.4 Å². The molecule has 8 heteroatoms. The van der Waals surface area contributed by atoms with Crippen molar-refractivity contribution in [1.29, 1.82) is 5.26 Å². The van der Waals surface area contributed by atoms with E-state index in [-0.39, 0.29) is 11.5 Å². The molecule has 0 aromatic heterocycles. The van der Waals surface area contributed by atoms with Gasteiger partial charge in [0.2, 0.25) is 5.91 Å². The molecule has 0 aliphatic rings. The van der Waals surface area contributed by atoms with Gasteiger partial charge in [0.05, 0.1) is 16.9 Å². The standard InChI is InChI=1S/C25H19N3O4S/c1-17(29)27-21-7-9-22(10-8-21)28(33(30)31)23-11-13-25(20(14-23)16-26)32-24-12-6-18-4-2-3-5-19(18)15-24/h2-15H,1H3,(H,27,29)(H,30,31). The van der Waals surface area contributed by atoms with Gasteiger partial charge < -0.3 is 10.1 Å². The van der Waals surface area contributed by atoms with E-state index in [2.05, 4.69) is 11.4 Å². The minimum Gasteiger partial charge on any atom is -0.456 e. The zero-order valence-electron chi connectivity index (χ0n) is 17.6. The van der Waals surface area contributed by atoms with Crippen LogP contribution < -0.4 is 14.4 Å². The summed E-state index contributed by atoms with van der Waals surface area (Å²) in [5.74, 6) is 0.696. The van der Waals surface area contributed by atoms with Gasteiger partial charge in [-0.25, -0.2) is 8.51 Å². The SMILES string of the molecule is CC(=O)Nc1ccc(N(c2ccc(Oc3ccc4ccccc4c3)c(C#N)c2)S(=O)O)cc1. The minimum absolute atomic E-state index is 0.214. The summed E-state index contributed by atoms with van der Waals surface area (Å²) in [4.78, 5) is 11.2. The van der Waals surface area contributed by atoms with Gasteiger partial charge in [0.1, 0.15) is 17.6 Å². The molecule has 33 heavy (non-hydrogen) atoms. The van der Waals surface area contributed by atoms with Crippen LogP contribution in [-0.4, -0.2) is 14.7 Å². The maximum absolute atomic E-state index is 12.1. The molecule has 0 fully saturated rings. The van der Waals surface area contributed by atoms with E-state index in [0.29, 0.717) is 28.6 Å². The molecule has 4 rings (SSSR count). The summed E-state index contributed by atoms with van der Waals surface area (Å²) in [5.41, 5.74) is 1.53. The zero-order valence-corrected chi connectivity index (χ0v) is 18.4. The number of benzene rings is 4. The number of nitrogens with one attached hydrogen (secondary N) is 1. The molecule has 1 amide bonds. The number of fused-ring (bicyclic) bond motifs is 1. The number of nitrogens with zero attached hydrogens (tertiary/aromatic N) is 2. The van der Waals surface area contributed by atoms with Gasteiger partial charge in [-0.1, -0.05) is 30.3 Å². The highest BCUT2D eigenvalue weighted by Gasteiger charge is 2.18. The number of hydrogen-bond donors (Lipinski definition) is 2. The molecule has 0 aliphatic heterocycles. The summed E-state index contributed by atoms with van der Waals surface area (Å²) >= 11 is -2.40. The van der Waals surface area contributed by atoms with Gasteiger partial charge >= 0.3 is 0 Å². The lowest BCUT2D eigenvalue weighted by Gasteiger charge is -2.21. The molecule has 0 spiro atoms. The van der Waals surface area contributed by atoms with Crippen LogP contribution in [0, 0.1) is 11.3 Å². The van der Waals surface area contributed by atoms with Gasteiger partial charge in [-0.2, -0.15) is 5.26 Å². The van der Waals surface area contributed by atoms with Crippen molar-refractivity contribution in [2.45, 2.75) is 6.92 Å². The molecular weight excluding hydrogens is 438 g/mol. The first kappa shape index (κ1) is 22.0. The lowest BCUT2D eigenvalue weighted by Crippen LogP contribution is -2.19. The summed E-state index contributed by atoms with van der Waals surface area (Å²) < 4.78 is 29.1. The van der Waals surface area contributed by atoms with Gasteiger partial charge in [-0.05, 0) is 65.4 Å². The van der Waals surface area contributed by atoms with Crippen molar-refractivity contribution < 1.29 is 18.3 Å². The molecule has 0 bridgehead atoms. The number of carbonyl (C=O) groups excluding carboxylic acids is 1. The second kappa shape index (κ2) is 9.53. The predicted molar refractivity (Wildman–Crippen MR) is 129 cm³/mol. The molecule has 0 saturated carbocycles. The first-order valence-corrected chi connectivity index (χ1v) is 11.0. The van der Waals surface area contributed by atoms with Gasteiger partial charge in [0.25, 0.3) is 11.3 Å². The third-order valence-electron chi connectivity index (χ3n) is 4.85. The highest BCUT2D eigenvalue weighted by atomic mass is 32.2. The van der Waals surface area contributed by atoms with Crippen LogP contribution in [-0.2, 0) is 16.1 Å². The molecule has 164 valence electrons. The zero-order chi connectivity index (χ0) is 23.4. The van der Waals surface area contributed by atoms with Crippen LogP contribution in [0.4, 0.5) is 17.1 Å². The molecule has 4 aromatic rings. The minimum atomic E-state index is -2.40. The maximum atomic E-state index is 12.1. The fourth-order valence-corrected chi connectivity index (χ4v) is 3.99. The number of anilines is 3. The van der Waals surface area contributed by atoms with Crippen molar-refractivity contribution in [3.8, 4) is 17.6 Å². The second-order valence-corrected chi connectivity index (χ2v) is 7.98. The average molecular weight is 458 g/mol. The van der Waals surface area contributed by atoms with E-state index in [1.165, 1.54) is 13.0 Å². The monoisotopic (exact) mass is 457 g/mol. The number of hydrogen-bond acceptors (Lipinski definition) is 4. The molecule has 7 nitrogen and oxygen atoms in total. The Hall–Kier alpha value is -4.19. The van der Waals surface area contributed by atoms with E-state index in [0.717, 1.165) is 15.1 Å². The van der Waals surface area contributed by atoms with Gasteiger partial charge in [-0.3, -0.25) is 9.35 Å². The Bertz CT molecular complexity index is 1400. The number of rotatable bonds is 6. The van der Waals surface area contributed by atoms with Gasteiger partial charge in [0.15, 0.2) is 0 Å². The van der Waals surface area contributed by atoms with Crippen molar-refractivity contribution in [2.75, 3.05) is 9.62 Å². The molecule has 1 unspecified atom stereocenters. The molecule has 0 radical (unpaired) electrons. The first-order valence-electron chi connectivity index (χ1n) is 9.94. The van der Waals surface area contributed by atoms with Crippen molar-refractivity contribution in [3.63, 3.8) is 0 Å². The largest absolute Gasteiger partial charge is 0.456 e. The number of carbonyl (C=O) groups is 1.